The highest BCUT2D eigenvalue weighted by atomic mass is 19.2. The van der Waals surface area contributed by atoms with Crippen molar-refractivity contribution in [2.75, 3.05) is 0 Å². The molecule has 1 aliphatic heterocycles. The highest BCUT2D eigenvalue weighted by molar-refractivity contribution is 6.45. The number of rotatable bonds is 4. The van der Waals surface area contributed by atoms with Crippen molar-refractivity contribution >= 4 is 7.12 Å². The largest absolute Gasteiger partial charge is 0.457 e. The SMILES string of the molecule is CC1(C)OB(CCCc2c(F)c(F)c(F)c(F)c2F)OC1(C)C. The van der Waals surface area contributed by atoms with Gasteiger partial charge in [0.1, 0.15) is 0 Å². The maximum absolute atomic E-state index is 13.6. The second-order valence-electron chi connectivity index (χ2n) is 6.63. The van der Waals surface area contributed by atoms with Crippen LogP contribution < -0.4 is 0 Å². The van der Waals surface area contributed by atoms with Gasteiger partial charge in [0.2, 0.25) is 5.82 Å². The Kier molecular flexibility index (Phi) is 4.79. The molecular formula is C15H18BF5O2. The molecule has 0 atom stereocenters. The molecule has 0 bridgehead atoms. The molecule has 0 unspecified atom stereocenters. The van der Waals surface area contributed by atoms with E-state index in [1.807, 2.05) is 27.7 Å². The fourth-order valence-corrected chi connectivity index (χ4v) is 2.40. The van der Waals surface area contributed by atoms with Crippen molar-refractivity contribution in [3.8, 4) is 0 Å². The Morgan fingerprint density at radius 1 is 0.739 bits per heavy atom. The van der Waals surface area contributed by atoms with E-state index in [-0.39, 0.29) is 19.2 Å². The van der Waals surface area contributed by atoms with Crippen molar-refractivity contribution < 1.29 is 31.3 Å². The third kappa shape index (κ3) is 3.24. The summed E-state index contributed by atoms with van der Waals surface area (Å²) in [4.78, 5) is 0. The third-order valence-corrected chi connectivity index (χ3v) is 4.47. The zero-order chi connectivity index (χ0) is 17.6. The minimum atomic E-state index is -2.14. The van der Waals surface area contributed by atoms with E-state index in [0.717, 1.165) is 0 Å². The normalized spacial score (nSPS) is 19.4. The summed E-state index contributed by atoms with van der Waals surface area (Å²) < 4.78 is 77.8. The predicted molar refractivity (Wildman–Crippen MR) is 75.4 cm³/mol. The number of hydrogen-bond acceptors (Lipinski definition) is 2. The van der Waals surface area contributed by atoms with Crippen LogP contribution in [0.25, 0.3) is 0 Å². The number of halogens is 5. The molecule has 1 fully saturated rings. The lowest BCUT2D eigenvalue weighted by atomic mass is 9.81. The molecule has 1 saturated heterocycles. The van der Waals surface area contributed by atoms with E-state index < -0.39 is 53.0 Å². The molecule has 0 aromatic heterocycles. The van der Waals surface area contributed by atoms with Crippen molar-refractivity contribution in [1.82, 2.24) is 0 Å². The highest BCUT2D eigenvalue weighted by Crippen LogP contribution is 2.38. The quantitative estimate of drug-likeness (QED) is 0.351. The molecule has 128 valence electrons. The molecule has 0 N–H and O–H groups in total. The van der Waals surface area contributed by atoms with Gasteiger partial charge in [0.05, 0.1) is 11.2 Å². The lowest BCUT2D eigenvalue weighted by molar-refractivity contribution is 0.00578. The van der Waals surface area contributed by atoms with Crippen molar-refractivity contribution in [1.29, 1.82) is 0 Å². The van der Waals surface area contributed by atoms with E-state index in [1.54, 1.807) is 0 Å². The molecule has 1 aliphatic rings. The van der Waals surface area contributed by atoms with E-state index in [0.29, 0.717) is 0 Å². The van der Waals surface area contributed by atoms with Gasteiger partial charge in [-0.15, -0.1) is 0 Å². The van der Waals surface area contributed by atoms with Crippen LogP contribution in [0.15, 0.2) is 0 Å². The predicted octanol–water partition coefficient (Wildman–Crippen LogP) is 4.41. The summed E-state index contributed by atoms with van der Waals surface area (Å²) in [5.74, 6) is -9.55. The molecule has 8 heteroatoms. The Morgan fingerprint density at radius 3 is 1.57 bits per heavy atom. The molecule has 2 rings (SSSR count). The molecule has 1 aromatic rings. The first-order valence-corrected chi connectivity index (χ1v) is 7.34. The van der Waals surface area contributed by atoms with Crippen molar-refractivity contribution in [3.05, 3.63) is 34.6 Å². The van der Waals surface area contributed by atoms with Crippen LogP contribution in [0, 0.1) is 29.1 Å². The van der Waals surface area contributed by atoms with Gasteiger partial charge >= 0.3 is 7.12 Å². The second-order valence-corrected chi connectivity index (χ2v) is 6.63. The molecule has 0 saturated carbocycles. The fourth-order valence-electron chi connectivity index (χ4n) is 2.40. The standard InChI is InChI=1S/C15H18BF5O2/c1-14(2)15(3,4)23-16(22-14)7-5-6-8-9(17)11(19)13(21)12(20)10(8)18/h5-7H2,1-4H3. The topological polar surface area (TPSA) is 18.5 Å². The van der Waals surface area contributed by atoms with Gasteiger partial charge in [-0.05, 0) is 40.4 Å². The van der Waals surface area contributed by atoms with Gasteiger partial charge in [-0.1, -0.05) is 6.42 Å². The average molecular weight is 336 g/mol. The van der Waals surface area contributed by atoms with Gasteiger partial charge in [-0.3, -0.25) is 0 Å². The maximum Gasteiger partial charge on any atom is 0.457 e. The molecule has 0 spiro atoms. The van der Waals surface area contributed by atoms with Crippen LogP contribution >= 0.6 is 0 Å². The van der Waals surface area contributed by atoms with Gasteiger partial charge in [-0.25, -0.2) is 22.0 Å². The Balaban J connectivity index is 2.04. The van der Waals surface area contributed by atoms with Crippen LogP contribution in [0.3, 0.4) is 0 Å². The van der Waals surface area contributed by atoms with Crippen LogP contribution in [-0.2, 0) is 15.7 Å². The first kappa shape index (κ1) is 18.2. The van der Waals surface area contributed by atoms with E-state index in [9.17, 15) is 22.0 Å². The molecule has 0 amide bonds. The van der Waals surface area contributed by atoms with Crippen LogP contribution in [0.1, 0.15) is 39.7 Å². The molecule has 2 nitrogen and oxygen atoms in total. The Hall–Kier alpha value is -1.15. The van der Waals surface area contributed by atoms with Crippen molar-refractivity contribution in [3.63, 3.8) is 0 Å². The maximum atomic E-state index is 13.6. The number of hydrogen-bond donors (Lipinski definition) is 0. The fraction of sp³-hybridized carbons (Fsp3) is 0.600. The first-order chi connectivity index (χ1) is 10.5. The molecule has 0 aliphatic carbocycles. The molecule has 1 aromatic carbocycles. The van der Waals surface area contributed by atoms with Gasteiger partial charge in [0, 0.05) is 5.56 Å². The van der Waals surface area contributed by atoms with E-state index in [2.05, 4.69) is 0 Å². The Morgan fingerprint density at radius 2 is 1.13 bits per heavy atom. The summed E-state index contributed by atoms with van der Waals surface area (Å²) in [6.07, 6.45) is 0.150. The van der Waals surface area contributed by atoms with E-state index in [4.69, 9.17) is 9.31 Å². The van der Waals surface area contributed by atoms with E-state index >= 15 is 0 Å². The zero-order valence-corrected chi connectivity index (χ0v) is 13.4. The van der Waals surface area contributed by atoms with Gasteiger partial charge < -0.3 is 9.31 Å². The highest BCUT2D eigenvalue weighted by Gasteiger charge is 2.50. The average Bonchev–Trinajstić information content (AvgIpc) is 2.66. The lowest BCUT2D eigenvalue weighted by Crippen LogP contribution is -2.41. The molecule has 0 radical (unpaired) electrons. The van der Waals surface area contributed by atoms with Crippen molar-refractivity contribution in [2.24, 2.45) is 0 Å². The monoisotopic (exact) mass is 336 g/mol. The van der Waals surface area contributed by atoms with Crippen molar-refractivity contribution in [2.45, 2.75) is 58.1 Å². The van der Waals surface area contributed by atoms with Gasteiger partial charge in [0.25, 0.3) is 0 Å². The van der Waals surface area contributed by atoms with E-state index in [1.165, 1.54) is 0 Å². The third-order valence-electron chi connectivity index (χ3n) is 4.47. The molecule has 23 heavy (non-hydrogen) atoms. The first-order valence-electron chi connectivity index (χ1n) is 7.34. The minimum absolute atomic E-state index is 0.162. The van der Waals surface area contributed by atoms with Crippen LogP contribution in [-0.4, -0.2) is 18.3 Å². The minimum Gasteiger partial charge on any atom is -0.403 e. The summed E-state index contributed by atoms with van der Waals surface area (Å²) in [5.41, 5.74) is -1.89. The smallest absolute Gasteiger partial charge is 0.403 e. The summed E-state index contributed by atoms with van der Waals surface area (Å²) in [6.45, 7) is 7.43. The summed E-state index contributed by atoms with van der Waals surface area (Å²) in [6, 6.07) is 0. The van der Waals surface area contributed by atoms with Crippen LogP contribution in [0.5, 0.6) is 0 Å². The summed E-state index contributed by atoms with van der Waals surface area (Å²) in [7, 11) is -0.582. The Bertz CT molecular complexity index is 573. The zero-order valence-electron chi connectivity index (χ0n) is 13.4. The van der Waals surface area contributed by atoms with Gasteiger partial charge in [0.15, 0.2) is 23.3 Å². The summed E-state index contributed by atoms with van der Waals surface area (Å²) in [5, 5.41) is 0. The Labute approximate surface area is 132 Å². The second kappa shape index (κ2) is 6.05. The molecular weight excluding hydrogens is 318 g/mol. The van der Waals surface area contributed by atoms with Gasteiger partial charge in [-0.2, -0.15) is 0 Å². The molecule has 1 heterocycles. The lowest BCUT2D eigenvalue weighted by Gasteiger charge is -2.32. The number of benzene rings is 1. The summed E-state index contributed by atoms with van der Waals surface area (Å²) >= 11 is 0. The van der Waals surface area contributed by atoms with Crippen LogP contribution in [0.2, 0.25) is 6.32 Å². The van der Waals surface area contributed by atoms with Crippen LogP contribution in [0.4, 0.5) is 22.0 Å².